The molecule has 1 aromatic carbocycles. The Morgan fingerprint density at radius 2 is 1.84 bits per heavy atom. The first kappa shape index (κ1) is 15.9. The van der Waals surface area contributed by atoms with Crippen LogP contribution < -0.4 is 0 Å². The number of hydrogen-bond acceptors (Lipinski definition) is 5. The van der Waals surface area contributed by atoms with E-state index in [9.17, 15) is 8.42 Å². The van der Waals surface area contributed by atoms with Crippen LogP contribution in [0.1, 0.15) is 5.56 Å². The molecule has 0 aliphatic rings. The molecule has 0 heterocycles. The third-order valence-electron chi connectivity index (χ3n) is 2.38. The van der Waals surface area contributed by atoms with Gasteiger partial charge in [0.05, 0.1) is 29.9 Å². The summed E-state index contributed by atoms with van der Waals surface area (Å²) in [5.41, 5.74) is 0.163. The highest BCUT2D eigenvalue weighted by atomic mass is 35.5. The molecule has 0 amide bonds. The molecule has 6 nitrogen and oxygen atoms in total. The van der Waals surface area contributed by atoms with Crippen LogP contribution in [0.3, 0.4) is 0 Å². The fourth-order valence-corrected chi connectivity index (χ4v) is 3.41. The molecule has 0 saturated heterocycles. The van der Waals surface area contributed by atoms with E-state index in [2.05, 4.69) is 0 Å². The van der Waals surface area contributed by atoms with Gasteiger partial charge in [0, 0.05) is 13.1 Å². The lowest BCUT2D eigenvalue weighted by Gasteiger charge is -2.20. The van der Waals surface area contributed by atoms with Crippen molar-refractivity contribution < 1.29 is 18.6 Å². The quantitative estimate of drug-likeness (QED) is 0.781. The van der Waals surface area contributed by atoms with Crippen LogP contribution in [0.4, 0.5) is 0 Å². The summed E-state index contributed by atoms with van der Waals surface area (Å²) in [6.45, 7) is -1.07. The molecule has 0 fully saturated rings. The number of benzene rings is 1. The van der Waals surface area contributed by atoms with Gasteiger partial charge in [-0.3, -0.25) is 0 Å². The second-order valence-electron chi connectivity index (χ2n) is 3.61. The minimum absolute atomic E-state index is 0.0140. The van der Waals surface area contributed by atoms with E-state index in [0.29, 0.717) is 0 Å². The van der Waals surface area contributed by atoms with Gasteiger partial charge in [-0.25, -0.2) is 8.42 Å². The minimum atomic E-state index is -3.96. The van der Waals surface area contributed by atoms with Gasteiger partial charge in [0.25, 0.3) is 0 Å². The summed E-state index contributed by atoms with van der Waals surface area (Å²) < 4.78 is 25.5. The Morgan fingerprint density at radius 1 is 1.26 bits per heavy atom. The van der Waals surface area contributed by atoms with Crippen LogP contribution in [0.15, 0.2) is 23.1 Å². The average molecular weight is 305 g/mol. The van der Waals surface area contributed by atoms with Crippen molar-refractivity contribution in [3.8, 4) is 6.07 Å². The van der Waals surface area contributed by atoms with Crippen LogP contribution in [0.2, 0.25) is 5.02 Å². The normalized spacial score (nSPS) is 11.5. The molecule has 0 bridgehead atoms. The fraction of sp³-hybridized carbons (Fsp3) is 0.364. The Morgan fingerprint density at radius 3 is 2.32 bits per heavy atom. The van der Waals surface area contributed by atoms with Gasteiger partial charge in [-0.15, -0.1) is 0 Å². The Balaban J connectivity index is 3.28. The standard InChI is InChI=1S/C11H13ClN2O4S/c12-10-2-1-9(8-13)7-11(10)19(17,18)14(3-5-15)4-6-16/h1-2,7,15-16H,3-6H2. The molecular formula is C11H13ClN2O4S. The van der Waals surface area contributed by atoms with Crippen LogP contribution in [-0.2, 0) is 10.0 Å². The maximum absolute atomic E-state index is 12.3. The summed E-state index contributed by atoms with van der Waals surface area (Å²) in [6.07, 6.45) is 0. The second-order valence-corrected chi connectivity index (χ2v) is 5.92. The van der Waals surface area contributed by atoms with Crippen molar-refractivity contribution >= 4 is 21.6 Å². The van der Waals surface area contributed by atoms with Gasteiger partial charge in [0.2, 0.25) is 10.0 Å². The Hall–Kier alpha value is -1.17. The lowest BCUT2D eigenvalue weighted by atomic mass is 10.2. The zero-order chi connectivity index (χ0) is 14.5. The van der Waals surface area contributed by atoms with Gasteiger partial charge in [-0.2, -0.15) is 9.57 Å². The lowest BCUT2D eigenvalue weighted by Crippen LogP contribution is -2.36. The zero-order valence-electron chi connectivity index (χ0n) is 9.95. The van der Waals surface area contributed by atoms with E-state index in [4.69, 9.17) is 27.1 Å². The molecule has 19 heavy (non-hydrogen) atoms. The van der Waals surface area contributed by atoms with Crippen LogP contribution >= 0.6 is 11.6 Å². The summed E-state index contributed by atoms with van der Waals surface area (Å²) in [5.74, 6) is 0. The molecule has 0 unspecified atom stereocenters. The van der Waals surface area contributed by atoms with E-state index >= 15 is 0 Å². The molecule has 0 spiro atoms. The number of sulfonamides is 1. The van der Waals surface area contributed by atoms with Crippen LogP contribution in [-0.4, -0.2) is 49.2 Å². The molecule has 0 aliphatic carbocycles. The van der Waals surface area contributed by atoms with E-state index in [1.165, 1.54) is 18.2 Å². The highest BCUT2D eigenvalue weighted by molar-refractivity contribution is 7.89. The van der Waals surface area contributed by atoms with Crippen molar-refractivity contribution in [1.29, 1.82) is 5.26 Å². The third-order valence-corrected chi connectivity index (χ3v) is 4.76. The third kappa shape index (κ3) is 3.65. The van der Waals surface area contributed by atoms with Gasteiger partial charge in [0.1, 0.15) is 4.90 Å². The maximum Gasteiger partial charge on any atom is 0.244 e. The molecule has 0 saturated carbocycles. The topological polar surface area (TPSA) is 102 Å². The molecule has 1 aromatic rings. The largest absolute Gasteiger partial charge is 0.395 e. The molecule has 104 valence electrons. The van der Waals surface area contributed by atoms with Gasteiger partial charge < -0.3 is 10.2 Å². The van der Waals surface area contributed by atoms with Crippen LogP contribution in [0.25, 0.3) is 0 Å². The van der Waals surface area contributed by atoms with E-state index in [1.807, 2.05) is 6.07 Å². The van der Waals surface area contributed by atoms with E-state index < -0.39 is 10.0 Å². The van der Waals surface area contributed by atoms with Gasteiger partial charge >= 0.3 is 0 Å². The number of halogens is 1. The summed E-state index contributed by atoms with van der Waals surface area (Å²) in [6, 6.07) is 5.72. The Labute approximate surface area is 116 Å². The number of nitriles is 1. The predicted molar refractivity (Wildman–Crippen MR) is 69.1 cm³/mol. The van der Waals surface area contributed by atoms with Gasteiger partial charge in [-0.1, -0.05) is 11.6 Å². The zero-order valence-corrected chi connectivity index (χ0v) is 11.5. The monoisotopic (exact) mass is 304 g/mol. The molecule has 0 aromatic heterocycles. The van der Waals surface area contributed by atoms with Crippen molar-refractivity contribution in [2.45, 2.75) is 4.90 Å². The highest BCUT2D eigenvalue weighted by Gasteiger charge is 2.26. The minimum Gasteiger partial charge on any atom is -0.395 e. The molecule has 0 radical (unpaired) electrons. The Bertz CT molecular complexity index is 577. The van der Waals surface area contributed by atoms with Gasteiger partial charge in [-0.05, 0) is 18.2 Å². The molecule has 0 aliphatic heterocycles. The first-order chi connectivity index (χ1) is 8.97. The van der Waals surface area contributed by atoms with Crippen molar-refractivity contribution in [2.75, 3.05) is 26.3 Å². The number of nitrogens with zero attached hydrogens (tertiary/aromatic N) is 2. The average Bonchev–Trinajstić information content (AvgIpc) is 2.39. The van der Waals surface area contributed by atoms with Crippen LogP contribution in [0.5, 0.6) is 0 Å². The summed E-state index contributed by atoms with van der Waals surface area (Å²) in [5, 5.41) is 26.5. The summed E-state index contributed by atoms with van der Waals surface area (Å²) in [4.78, 5) is -0.213. The van der Waals surface area contributed by atoms with Crippen molar-refractivity contribution in [3.63, 3.8) is 0 Å². The van der Waals surface area contributed by atoms with Crippen molar-refractivity contribution in [2.24, 2.45) is 0 Å². The molecule has 2 N–H and O–H groups in total. The van der Waals surface area contributed by atoms with E-state index in [0.717, 1.165) is 4.31 Å². The Kier molecular flexibility index (Phi) is 5.72. The second kappa shape index (κ2) is 6.84. The number of aliphatic hydroxyl groups is 2. The predicted octanol–water partition coefficient (Wildman–Crippen LogP) is 0.187. The first-order valence-corrected chi connectivity index (χ1v) is 7.20. The molecule has 1 rings (SSSR count). The van der Waals surface area contributed by atoms with Crippen LogP contribution in [0, 0.1) is 11.3 Å². The number of rotatable bonds is 6. The lowest BCUT2D eigenvalue weighted by molar-refractivity contribution is 0.217. The van der Waals surface area contributed by atoms with Gasteiger partial charge in [0.15, 0.2) is 0 Å². The summed E-state index contributed by atoms with van der Waals surface area (Å²) in [7, 11) is -3.96. The van der Waals surface area contributed by atoms with E-state index in [1.54, 1.807) is 0 Å². The number of aliphatic hydroxyl groups excluding tert-OH is 2. The molecular weight excluding hydrogens is 292 g/mol. The first-order valence-electron chi connectivity index (χ1n) is 5.39. The van der Waals surface area contributed by atoms with Crippen molar-refractivity contribution in [3.05, 3.63) is 28.8 Å². The summed E-state index contributed by atoms with van der Waals surface area (Å²) >= 11 is 5.84. The highest BCUT2D eigenvalue weighted by Crippen LogP contribution is 2.25. The number of hydrogen-bond donors (Lipinski definition) is 2. The molecule has 0 atom stereocenters. The van der Waals surface area contributed by atoms with Crippen molar-refractivity contribution in [1.82, 2.24) is 4.31 Å². The fourth-order valence-electron chi connectivity index (χ4n) is 1.48. The SMILES string of the molecule is N#Cc1ccc(Cl)c(S(=O)(=O)N(CCO)CCO)c1. The molecule has 8 heteroatoms. The van der Waals surface area contributed by atoms with E-state index in [-0.39, 0.29) is 41.8 Å². The maximum atomic E-state index is 12.3. The smallest absolute Gasteiger partial charge is 0.244 e.